The molecule has 2 N–H and O–H groups in total. The molecule has 2 amide bonds. The summed E-state index contributed by atoms with van der Waals surface area (Å²) in [5.41, 5.74) is 1.98. The van der Waals surface area contributed by atoms with E-state index in [-0.39, 0.29) is 17.2 Å². The molecule has 5 rings (SSSR count). The Hall–Kier alpha value is -4.83. The molecule has 0 bridgehead atoms. The number of nitro benzene ring substituents is 1. The van der Waals surface area contributed by atoms with E-state index in [9.17, 15) is 19.7 Å². The summed E-state index contributed by atoms with van der Waals surface area (Å²) < 4.78 is 11.2. The minimum absolute atomic E-state index is 0.157. The van der Waals surface area contributed by atoms with E-state index in [2.05, 4.69) is 10.6 Å². The molecule has 0 saturated heterocycles. The summed E-state index contributed by atoms with van der Waals surface area (Å²) in [4.78, 5) is 37.3. The Morgan fingerprint density at radius 1 is 0.795 bits per heavy atom. The SMILES string of the molecule is O=C(Nc1ccc(SC(C(=O)Nc2ccc3c(c2)OCCO3)c2ccccc2)cc1)c1cccc([N+](=O)[O-])c1. The Kier molecular flexibility index (Phi) is 7.74. The van der Waals surface area contributed by atoms with Gasteiger partial charge in [0.2, 0.25) is 5.91 Å². The summed E-state index contributed by atoms with van der Waals surface area (Å²) >= 11 is 1.37. The van der Waals surface area contributed by atoms with Crippen LogP contribution in [0.2, 0.25) is 0 Å². The molecule has 1 unspecified atom stereocenters. The molecule has 0 saturated carbocycles. The van der Waals surface area contributed by atoms with Crippen LogP contribution in [0.5, 0.6) is 11.5 Å². The van der Waals surface area contributed by atoms with Crippen molar-refractivity contribution >= 4 is 40.6 Å². The van der Waals surface area contributed by atoms with E-state index in [1.807, 2.05) is 30.3 Å². The van der Waals surface area contributed by atoms with Crippen LogP contribution < -0.4 is 20.1 Å². The van der Waals surface area contributed by atoms with Crippen LogP contribution in [0.4, 0.5) is 17.1 Å². The fraction of sp³-hybridized carbons (Fsp3) is 0.103. The van der Waals surface area contributed by atoms with Crippen LogP contribution in [0.1, 0.15) is 21.2 Å². The molecule has 4 aromatic carbocycles. The molecular weight excluding hydrogens is 518 g/mol. The molecule has 9 nitrogen and oxygen atoms in total. The molecular formula is C29H23N3O6S. The Morgan fingerprint density at radius 2 is 1.51 bits per heavy atom. The molecule has 0 fully saturated rings. The van der Waals surface area contributed by atoms with Crippen molar-refractivity contribution in [2.45, 2.75) is 10.1 Å². The predicted molar refractivity (Wildman–Crippen MR) is 149 cm³/mol. The first kappa shape index (κ1) is 25.8. The fourth-order valence-electron chi connectivity index (χ4n) is 3.95. The molecule has 0 radical (unpaired) electrons. The summed E-state index contributed by atoms with van der Waals surface area (Å²) in [6, 6.07) is 27.3. The van der Waals surface area contributed by atoms with Gasteiger partial charge in [0, 0.05) is 40.0 Å². The number of non-ortho nitro benzene ring substituents is 1. The van der Waals surface area contributed by atoms with Gasteiger partial charge < -0.3 is 20.1 Å². The highest BCUT2D eigenvalue weighted by Crippen LogP contribution is 2.38. The van der Waals surface area contributed by atoms with Crippen molar-refractivity contribution in [2.75, 3.05) is 23.8 Å². The van der Waals surface area contributed by atoms with Crippen molar-refractivity contribution in [3.8, 4) is 11.5 Å². The van der Waals surface area contributed by atoms with Gasteiger partial charge in [-0.2, -0.15) is 0 Å². The Balaban J connectivity index is 1.29. The summed E-state index contributed by atoms with van der Waals surface area (Å²) in [5, 5.41) is 16.2. The number of anilines is 2. The van der Waals surface area contributed by atoms with Gasteiger partial charge in [0.05, 0.1) is 4.92 Å². The highest BCUT2D eigenvalue weighted by molar-refractivity contribution is 8.00. The van der Waals surface area contributed by atoms with Crippen molar-refractivity contribution < 1.29 is 24.0 Å². The second-order valence-electron chi connectivity index (χ2n) is 8.54. The van der Waals surface area contributed by atoms with E-state index in [0.29, 0.717) is 36.1 Å². The third-order valence-electron chi connectivity index (χ3n) is 5.84. The van der Waals surface area contributed by atoms with Crippen molar-refractivity contribution in [1.82, 2.24) is 0 Å². The predicted octanol–water partition coefficient (Wildman–Crippen LogP) is 6.09. The van der Waals surface area contributed by atoms with Crippen LogP contribution in [-0.2, 0) is 4.79 Å². The summed E-state index contributed by atoms with van der Waals surface area (Å²) in [6.07, 6.45) is 0. The molecule has 0 aromatic heterocycles. The van der Waals surface area contributed by atoms with Gasteiger partial charge in [-0.1, -0.05) is 36.4 Å². The lowest BCUT2D eigenvalue weighted by Crippen LogP contribution is -2.20. The van der Waals surface area contributed by atoms with Gasteiger partial charge in [-0.05, 0) is 48.0 Å². The largest absolute Gasteiger partial charge is 0.486 e. The lowest BCUT2D eigenvalue weighted by molar-refractivity contribution is -0.384. The third-order valence-corrected chi connectivity index (χ3v) is 7.10. The number of nitrogens with one attached hydrogen (secondary N) is 2. The highest BCUT2D eigenvalue weighted by Gasteiger charge is 2.23. The Morgan fingerprint density at radius 3 is 2.26 bits per heavy atom. The number of hydrogen-bond donors (Lipinski definition) is 2. The van der Waals surface area contributed by atoms with Crippen LogP contribution in [0.25, 0.3) is 0 Å². The molecule has 1 atom stereocenters. The van der Waals surface area contributed by atoms with Crippen molar-refractivity contribution in [3.63, 3.8) is 0 Å². The first-order valence-corrected chi connectivity index (χ1v) is 12.9. The second kappa shape index (κ2) is 11.7. The Labute approximate surface area is 228 Å². The maximum Gasteiger partial charge on any atom is 0.270 e. The van der Waals surface area contributed by atoms with E-state index in [1.165, 1.54) is 36.0 Å². The number of nitro groups is 1. The van der Waals surface area contributed by atoms with E-state index >= 15 is 0 Å². The zero-order valence-corrected chi connectivity index (χ0v) is 21.4. The molecule has 1 aliphatic heterocycles. The number of ether oxygens (including phenoxy) is 2. The number of carbonyl (C=O) groups is 2. The number of rotatable bonds is 8. The molecule has 1 aliphatic rings. The van der Waals surface area contributed by atoms with E-state index < -0.39 is 16.1 Å². The van der Waals surface area contributed by atoms with Crippen molar-refractivity contribution in [3.05, 3.63) is 118 Å². The zero-order chi connectivity index (χ0) is 27.2. The molecule has 1 heterocycles. The minimum atomic E-state index is -0.551. The minimum Gasteiger partial charge on any atom is -0.486 e. The normalized spacial score (nSPS) is 12.7. The Bertz CT molecular complexity index is 1510. The third kappa shape index (κ3) is 6.36. The number of amides is 2. The summed E-state index contributed by atoms with van der Waals surface area (Å²) in [7, 11) is 0. The van der Waals surface area contributed by atoms with Crippen LogP contribution in [-0.4, -0.2) is 30.0 Å². The number of carbonyl (C=O) groups excluding carboxylic acids is 2. The lowest BCUT2D eigenvalue weighted by atomic mass is 10.1. The van der Waals surface area contributed by atoms with Crippen LogP contribution >= 0.6 is 11.8 Å². The average Bonchev–Trinajstić information content (AvgIpc) is 2.97. The molecule has 4 aromatic rings. The summed E-state index contributed by atoms with van der Waals surface area (Å²) in [6.45, 7) is 0.942. The van der Waals surface area contributed by atoms with E-state index in [0.717, 1.165) is 10.5 Å². The van der Waals surface area contributed by atoms with Gasteiger partial charge in [-0.15, -0.1) is 11.8 Å². The number of fused-ring (bicyclic) bond motifs is 1. The van der Waals surface area contributed by atoms with Gasteiger partial charge in [-0.25, -0.2) is 0 Å². The summed E-state index contributed by atoms with van der Waals surface area (Å²) in [5.74, 6) is 0.572. The lowest BCUT2D eigenvalue weighted by Gasteiger charge is -2.20. The molecule has 0 aliphatic carbocycles. The molecule has 0 spiro atoms. The van der Waals surface area contributed by atoms with Gasteiger partial charge in [-0.3, -0.25) is 19.7 Å². The fourth-order valence-corrected chi connectivity index (χ4v) is 4.97. The van der Waals surface area contributed by atoms with E-state index in [1.54, 1.807) is 42.5 Å². The van der Waals surface area contributed by atoms with Gasteiger partial charge >= 0.3 is 0 Å². The standard InChI is InChI=1S/C29H23N3O6S/c33-28(20-7-4-8-23(17-20)32(35)36)30-21-9-12-24(13-10-21)39-27(19-5-2-1-3-6-19)29(34)31-22-11-14-25-26(18-22)38-16-15-37-25/h1-14,17-18,27H,15-16H2,(H,30,33)(H,31,34). The van der Waals surface area contributed by atoms with Gasteiger partial charge in [0.25, 0.3) is 11.6 Å². The van der Waals surface area contributed by atoms with E-state index in [4.69, 9.17) is 9.47 Å². The number of benzene rings is 4. The monoisotopic (exact) mass is 541 g/mol. The number of nitrogens with zero attached hydrogens (tertiary/aromatic N) is 1. The second-order valence-corrected chi connectivity index (χ2v) is 9.72. The number of hydrogen-bond acceptors (Lipinski definition) is 7. The topological polar surface area (TPSA) is 120 Å². The molecule has 10 heteroatoms. The first-order chi connectivity index (χ1) is 19.0. The zero-order valence-electron chi connectivity index (χ0n) is 20.5. The molecule has 196 valence electrons. The number of thioether (sulfide) groups is 1. The maximum absolute atomic E-state index is 13.4. The maximum atomic E-state index is 13.4. The van der Waals surface area contributed by atoms with Crippen LogP contribution in [0, 0.1) is 10.1 Å². The quantitative estimate of drug-likeness (QED) is 0.157. The van der Waals surface area contributed by atoms with Gasteiger partial charge in [0.15, 0.2) is 11.5 Å². The highest BCUT2D eigenvalue weighted by atomic mass is 32.2. The average molecular weight is 542 g/mol. The first-order valence-electron chi connectivity index (χ1n) is 12.0. The van der Waals surface area contributed by atoms with Crippen molar-refractivity contribution in [2.24, 2.45) is 0 Å². The van der Waals surface area contributed by atoms with Gasteiger partial charge in [0.1, 0.15) is 18.5 Å². The molecule has 39 heavy (non-hydrogen) atoms. The smallest absolute Gasteiger partial charge is 0.270 e. The van der Waals surface area contributed by atoms with Crippen molar-refractivity contribution in [1.29, 1.82) is 0 Å². The van der Waals surface area contributed by atoms with Crippen LogP contribution in [0.3, 0.4) is 0 Å². The van der Waals surface area contributed by atoms with Crippen LogP contribution in [0.15, 0.2) is 102 Å².